The topological polar surface area (TPSA) is 63.3 Å². The number of pyridine rings is 1. The Kier molecular flexibility index (Phi) is 3.01. The first kappa shape index (κ1) is 13.4. The van der Waals surface area contributed by atoms with Gasteiger partial charge in [0.1, 0.15) is 5.69 Å². The molecule has 2 heterocycles. The Labute approximate surface area is 122 Å². The molecule has 2 aromatic heterocycles. The van der Waals surface area contributed by atoms with E-state index >= 15 is 0 Å². The third kappa shape index (κ3) is 2.09. The third-order valence-electron chi connectivity index (χ3n) is 3.64. The van der Waals surface area contributed by atoms with Gasteiger partial charge in [-0.1, -0.05) is 11.6 Å². The summed E-state index contributed by atoms with van der Waals surface area (Å²) in [5.74, 6) is -0.366. The van der Waals surface area contributed by atoms with Gasteiger partial charge in [0.2, 0.25) is 0 Å². The van der Waals surface area contributed by atoms with Gasteiger partial charge in [-0.25, -0.2) is 9.78 Å². The molecule has 1 aromatic carbocycles. The second-order valence-electron chi connectivity index (χ2n) is 5.22. The molecule has 1 N–H and O–H groups in total. The maximum Gasteiger partial charge on any atom is 0.336 e. The molecule has 0 spiro atoms. The Morgan fingerprint density at radius 1 is 1.24 bits per heavy atom. The first-order valence-electron chi connectivity index (χ1n) is 6.67. The molecule has 0 radical (unpaired) electrons. The summed E-state index contributed by atoms with van der Waals surface area (Å²) in [5, 5.41) is 10.3. The van der Waals surface area contributed by atoms with Crippen molar-refractivity contribution in [2.45, 2.75) is 20.8 Å². The number of hydrogen-bond donors (Lipinski definition) is 1. The highest BCUT2D eigenvalue weighted by molar-refractivity contribution is 6.06. The molecule has 0 bridgehead atoms. The van der Waals surface area contributed by atoms with Gasteiger partial charge >= 0.3 is 5.97 Å². The number of aryl methyl sites for hydroxylation is 2. The second kappa shape index (κ2) is 4.74. The molecule has 0 amide bonds. The largest absolute Gasteiger partial charge is 0.478 e. The summed E-state index contributed by atoms with van der Waals surface area (Å²) in [6.07, 6.45) is 1.56. The van der Waals surface area contributed by atoms with Crippen LogP contribution in [-0.2, 0) is 0 Å². The van der Waals surface area contributed by atoms with Crippen LogP contribution in [0.3, 0.4) is 0 Å². The molecule has 0 unspecified atom stereocenters. The predicted molar refractivity (Wildman–Crippen MR) is 80.6 cm³/mol. The second-order valence-corrected chi connectivity index (χ2v) is 5.22. The van der Waals surface area contributed by atoms with E-state index in [1.54, 1.807) is 25.3 Å². The molecular weight excluding hydrogens is 266 g/mol. The molecule has 0 atom stereocenters. The van der Waals surface area contributed by atoms with Crippen LogP contribution in [0.1, 0.15) is 27.0 Å². The maximum atomic E-state index is 11.7. The SMILES string of the molecule is Cc1cc(C)c2nc(-c3ccco3)c(C)c(C(=O)O)c2c1. The minimum Gasteiger partial charge on any atom is -0.478 e. The van der Waals surface area contributed by atoms with Crippen LogP contribution in [-0.4, -0.2) is 16.1 Å². The third-order valence-corrected chi connectivity index (χ3v) is 3.64. The van der Waals surface area contributed by atoms with Gasteiger partial charge in [-0.15, -0.1) is 0 Å². The average Bonchev–Trinajstić information content (AvgIpc) is 2.91. The Hall–Kier alpha value is -2.62. The Bertz CT molecular complexity index is 848. The quantitative estimate of drug-likeness (QED) is 0.767. The smallest absolute Gasteiger partial charge is 0.336 e. The van der Waals surface area contributed by atoms with Gasteiger partial charge in [-0.3, -0.25) is 0 Å². The van der Waals surface area contributed by atoms with E-state index in [2.05, 4.69) is 4.98 Å². The van der Waals surface area contributed by atoms with E-state index in [1.807, 2.05) is 26.0 Å². The summed E-state index contributed by atoms with van der Waals surface area (Å²) in [6, 6.07) is 7.43. The lowest BCUT2D eigenvalue weighted by Crippen LogP contribution is -2.05. The minimum absolute atomic E-state index is 0.290. The number of fused-ring (bicyclic) bond motifs is 1. The van der Waals surface area contributed by atoms with Crippen molar-refractivity contribution in [3.05, 3.63) is 52.8 Å². The van der Waals surface area contributed by atoms with Gasteiger partial charge < -0.3 is 9.52 Å². The average molecular weight is 281 g/mol. The maximum absolute atomic E-state index is 11.7. The Balaban J connectivity index is 2.48. The number of hydrogen-bond acceptors (Lipinski definition) is 3. The first-order valence-corrected chi connectivity index (χ1v) is 6.67. The highest BCUT2D eigenvalue weighted by atomic mass is 16.4. The minimum atomic E-state index is -0.947. The molecule has 3 rings (SSSR count). The first-order chi connectivity index (χ1) is 9.99. The number of carboxylic acid groups (broad SMARTS) is 1. The number of aromatic nitrogens is 1. The van der Waals surface area contributed by atoms with Crippen LogP contribution in [0.25, 0.3) is 22.4 Å². The van der Waals surface area contributed by atoms with E-state index in [0.717, 1.165) is 11.1 Å². The fraction of sp³-hybridized carbons (Fsp3) is 0.176. The van der Waals surface area contributed by atoms with Crippen molar-refractivity contribution in [1.29, 1.82) is 0 Å². The summed E-state index contributed by atoms with van der Waals surface area (Å²) in [7, 11) is 0. The fourth-order valence-corrected chi connectivity index (χ4v) is 2.74. The molecule has 21 heavy (non-hydrogen) atoms. The highest BCUT2D eigenvalue weighted by Gasteiger charge is 2.20. The van der Waals surface area contributed by atoms with Crippen molar-refractivity contribution in [3.8, 4) is 11.5 Å². The number of nitrogens with zero attached hydrogens (tertiary/aromatic N) is 1. The molecular formula is C17H15NO3. The summed E-state index contributed by atoms with van der Waals surface area (Å²) in [4.78, 5) is 16.4. The summed E-state index contributed by atoms with van der Waals surface area (Å²) >= 11 is 0. The molecule has 0 saturated heterocycles. The van der Waals surface area contributed by atoms with Crippen LogP contribution in [0.4, 0.5) is 0 Å². The molecule has 0 saturated carbocycles. The molecule has 0 fully saturated rings. The van der Waals surface area contributed by atoms with Crippen molar-refractivity contribution in [2.24, 2.45) is 0 Å². The number of carboxylic acids is 1. The number of benzene rings is 1. The van der Waals surface area contributed by atoms with E-state index in [4.69, 9.17) is 4.42 Å². The molecule has 0 aliphatic carbocycles. The zero-order chi connectivity index (χ0) is 15.1. The number of furan rings is 1. The predicted octanol–water partition coefficient (Wildman–Crippen LogP) is 4.12. The lowest BCUT2D eigenvalue weighted by atomic mass is 9.97. The van der Waals surface area contributed by atoms with Gasteiger partial charge in [-0.05, 0) is 50.1 Å². The van der Waals surface area contributed by atoms with Crippen molar-refractivity contribution in [2.75, 3.05) is 0 Å². The summed E-state index contributed by atoms with van der Waals surface area (Å²) < 4.78 is 5.39. The van der Waals surface area contributed by atoms with Crippen molar-refractivity contribution < 1.29 is 14.3 Å². The van der Waals surface area contributed by atoms with Crippen molar-refractivity contribution in [1.82, 2.24) is 4.98 Å². The number of aromatic carboxylic acids is 1. The van der Waals surface area contributed by atoms with E-state index < -0.39 is 5.97 Å². The Morgan fingerprint density at radius 2 is 2.00 bits per heavy atom. The normalized spacial score (nSPS) is 11.0. The van der Waals surface area contributed by atoms with Crippen LogP contribution in [0.5, 0.6) is 0 Å². The van der Waals surface area contributed by atoms with E-state index in [1.165, 1.54) is 0 Å². The standard InChI is InChI=1S/C17H15NO3/c1-9-7-10(2)15-12(8-9)14(17(19)20)11(3)16(18-15)13-5-4-6-21-13/h4-8H,1-3H3,(H,19,20). The van der Waals surface area contributed by atoms with Gasteiger partial charge in [0.25, 0.3) is 0 Å². The monoisotopic (exact) mass is 281 g/mol. The van der Waals surface area contributed by atoms with E-state index in [9.17, 15) is 9.90 Å². The lowest BCUT2D eigenvalue weighted by Gasteiger charge is -2.12. The molecule has 4 nitrogen and oxygen atoms in total. The number of carbonyl (C=O) groups is 1. The van der Waals surface area contributed by atoms with Gasteiger partial charge in [-0.2, -0.15) is 0 Å². The van der Waals surface area contributed by atoms with Crippen LogP contribution < -0.4 is 0 Å². The van der Waals surface area contributed by atoms with Crippen molar-refractivity contribution >= 4 is 16.9 Å². The Morgan fingerprint density at radius 3 is 2.62 bits per heavy atom. The van der Waals surface area contributed by atoms with Crippen LogP contribution in [0.2, 0.25) is 0 Å². The lowest BCUT2D eigenvalue weighted by molar-refractivity contribution is 0.0698. The zero-order valence-corrected chi connectivity index (χ0v) is 12.1. The molecule has 3 aromatic rings. The number of rotatable bonds is 2. The summed E-state index contributed by atoms with van der Waals surface area (Å²) in [6.45, 7) is 5.66. The molecule has 0 aliphatic heterocycles. The zero-order valence-electron chi connectivity index (χ0n) is 12.1. The molecule has 0 aliphatic rings. The van der Waals surface area contributed by atoms with Gasteiger partial charge in [0, 0.05) is 5.39 Å². The van der Waals surface area contributed by atoms with Gasteiger partial charge in [0.05, 0.1) is 17.3 Å². The van der Waals surface area contributed by atoms with Crippen LogP contribution >= 0.6 is 0 Å². The van der Waals surface area contributed by atoms with Crippen molar-refractivity contribution in [3.63, 3.8) is 0 Å². The van der Waals surface area contributed by atoms with E-state index in [0.29, 0.717) is 33.5 Å². The van der Waals surface area contributed by atoms with Crippen LogP contribution in [0, 0.1) is 20.8 Å². The molecule has 106 valence electrons. The van der Waals surface area contributed by atoms with Gasteiger partial charge in [0.15, 0.2) is 5.76 Å². The highest BCUT2D eigenvalue weighted by Crippen LogP contribution is 2.31. The summed E-state index contributed by atoms with van der Waals surface area (Å²) in [5.41, 5.74) is 4.18. The fourth-order valence-electron chi connectivity index (χ4n) is 2.74. The van der Waals surface area contributed by atoms with E-state index in [-0.39, 0.29) is 0 Å². The van der Waals surface area contributed by atoms with Crippen LogP contribution in [0.15, 0.2) is 34.9 Å². The molecule has 4 heteroatoms.